The molecule has 2 heteroatoms. The Bertz CT molecular complexity index is 4100. The maximum absolute atomic E-state index is 6.28. The summed E-state index contributed by atoms with van der Waals surface area (Å²) in [5, 5.41) is 28.0. The van der Waals surface area contributed by atoms with Crippen molar-refractivity contribution >= 4 is 103 Å². The van der Waals surface area contributed by atoms with Crippen LogP contribution in [0, 0.1) is 6.92 Å². The Balaban J connectivity index is 1.20. The zero-order valence-electron chi connectivity index (χ0n) is 31.7. The van der Waals surface area contributed by atoms with Gasteiger partial charge in [0, 0.05) is 5.41 Å². The highest BCUT2D eigenvalue weighted by Gasteiger charge is 2.59. The first kappa shape index (κ1) is 27.3. The van der Waals surface area contributed by atoms with E-state index in [1.165, 1.54) is 55.1 Å². The summed E-state index contributed by atoms with van der Waals surface area (Å²) >= 11 is 0. The van der Waals surface area contributed by atoms with Crippen molar-refractivity contribution in [2.75, 3.05) is 14.2 Å². The van der Waals surface area contributed by atoms with Crippen LogP contribution in [0.1, 0.15) is 61.2 Å². The SMILES string of the molecule is COc1ccc(C23C=C4Cc5cc6cc7c8c9c(cc%10cc%11c%12c%13c%10c9c9c%13c%10c(c2c2c4c5c4c6c8c9c4c2%10)C%12(Cc2ccc(C)cc2OC)C(=C3)C%11)C7)cc1. The van der Waals surface area contributed by atoms with Gasteiger partial charge in [-0.05, 0) is 215 Å². The van der Waals surface area contributed by atoms with Gasteiger partial charge in [-0.1, -0.05) is 66.3 Å². The van der Waals surface area contributed by atoms with Crippen LogP contribution in [0.5, 0.6) is 11.5 Å². The average Bonchev–Trinajstić information content (AvgIpc) is 4.06. The highest BCUT2D eigenvalue weighted by Crippen LogP contribution is 2.74. The lowest BCUT2D eigenvalue weighted by Crippen LogP contribution is -2.41. The third kappa shape index (κ3) is 2.29. The van der Waals surface area contributed by atoms with Gasteiger partial charge in [-0.15, -0.1) is 0 Å². The van der Waals surface area contributed by atoms with Crippen molar-refractivity contribution in [1.82, 2.24) is 0 Å². The number of hydrogen-bond donors (Lipinski definition) is 0. The summed E-state index contributed by atoms with van der Waals surface area (Å²) in [7, 11) is 3.65. The molecule has 0 amide bonds. The fourth-order valence-corrected chi connectivity index (χ4v) is 15.5. The smallest absolute Gasteiger partial charge is 0.122 e. The van der Waals surface area contributed by atoms with Crippen molar-refractivity contribution in [3.8, 4) is 11.5 Å². The van der Waals surface area contributed by atoms with Crippen molar-refractivity contribution in [3.63, 3.8) is 0 Å². The summed E-state index contributed by atoms with van der Waals surface area (Å²) in [5.74, 6) is 1.92. The minimum atomic E-state index is -0.397. The number of hydrogen-bond acceptors (Lipinski definition) is 2. The topological polar surface area (TPSA) is 18.5 Å². The van der Waals surface area contributed by atoms with Crippen LogP contribution in [0.4, 0.5) is 0 Å². The number of rotatable bonds is 5. The summed E-state index contributed by atoms with van der Waals surface area (Å²) in [5.41, 5.74) is 18.7. The summed E-state index contributed by atoms with van der Waals surface area (Å²) in [4.78, 5) is 0. The molecule has 0 spiro atoms. The van der Waals surface area contributed by atoms with Gasteiger partial charge in [0.15, 0.2) is 0 Å². The Hall–Kier alpha value is -6.38. The number of allylic oxidation sites excluding steroid dienone is 4. The van der Waals surface area contributed by atoms with Crippen LogP contribution < -0.4 is 9.47 Å². The van der Waals surface area contributed by atoms with Crippen LogP contribution >= 0.6 is 0 Å². The van der Waals surface area contributed by atoms with E-state index in [0.717, 1.165) is 37.2 Å². The Kier molecular flexibility index (Phi) is 3.67. The van der Waals surface area contributed by atoms with Gasteiger partial charge in [0.1, 0.15) is 11.5 Å². The summed E-state index contributed by atoms with van der Waals surface area (Å²) < 4.78 is 12.1. The van der Waals surface area contributed by atoms with E-state index in [9.17, 15) is 0 Å². The zero-order valence-corrected chi connectivity index (χ0v) is 31.7. The van der Waals surface area contributed by atoms with Gasteiger partial charge in [-0.3, -0.25) is 0 Å². The van der Waals surface area contributed by atoms with Gasteiger partial charge in [0.25, 0.3) is 0 Å². The van der Waals surface area contributed by atoms with Gasteiger partial charge in [0.2, 0.25) is 0 Å². The van der Waals surface area contributed by atoms with Gasteiger partial charge in [-0.2, -0.15) is 0 Å². The first-order valence-corrected chi connectivity index (χ1v) is 20.8. The van der Waals surface area contributed by atoms with E-state index in [-0.39, 0.29) is 5.41 Å². The molecular weight excluding hydrogens is 693 g/mol. The van der Waals surface area contributed by atoms with Crippen LogP contribution in [0.2, 0.25) is 0 Å². The van der Waals surface area contributed by atoms with E-state index in [1.54, 1.807) is 121 Å². The Morgan fingerprint density at radius 2 is 1.14 bits per heavy atom. The highest BCUT2D eigenvalue weighted by atomic mass is 16.5. The van der Waals surface area contributed by atoms with E-state index < -0.39 is 5.41 Å². The number of benzene rings is 9. The van der Waals surface area contributed by atoms with Gasteiger partial charge in [-0.25, -0.2) is 0 Å². The van der Waals surface area contributed by atoms with Crippen molar-refractivity contribution in [2.45, 2.75) is 43.4 Å². The average molecular weight is 723 g/mol. The van der Waals surface area contributed by atoms with E-state index in [0.29, 0.717) is 0 Å². The standard InChI is InChI=1S/C55H30O2/c1-21-4-5-22(33(10-21)57-3)19-55-31-17-28-15-26-13-24-11-23-12-25-14-27-16-29-18-54(20-31,30-6-8-32(56-2)9-7-30)52-49-39(29)36(27)41-37(25)40-34(23)35(24)42-38(26)48(51(28)55)46-45(42)43(40)44(41)47(49)50(46)53(52)55/h4-10,12-15,18,20H,11,16-17,19H2,1-3H3. The van der Waals surface area contributed by atoms with Crippen LogP contribution in [0.25, 0.3) is 103 Å². The maximum Gasteiger partial charge on any atom is 0.122 e. The zero-order chi connectivity index (χ0) is 36.5. The van der Waals surface area contributed by atoms with Crippen molar-refractivity contribution in [1.29, 1.82) is 0 Å². The number of aryl methyl sites for hydroxylation is 1. The molecule has 2 nitrogen and oxygen atoms in total. The molecule has 0 heterocycles. The monoisotopic (exact) mass is 722 g/mol. The van der Waals surface area contributed by atoms with Crippen LogP contribution in [-0.4, -0.2) is 14.2 Å². The molecule has 12 aromatic rings. The Morgan fingerprint density at radius 3 is 1.88 bits per heavy atom. The van der Waals surface area contributed by atoms with Crippen LogP contribution in [0.15, 0.2) is 84.5 Å². The Labute approximate surface area is 325 Å². The molecule has 18 rings (SSSR count). The predicted octanol–water partition coefficient (Wildman–Crippen LogP) is 12.5. The van der Waals surface area contributed by atoms with Crippen molar-refractivity contribution < 1.29 is 9.47 Å². The number of methoxy groups -OCH3 is 2. The lowest BCUT2D eigenvalue weighted by Gasteiger charge is -2.47. The molecule has 0 saturated carbocycles. The minimum Gasteiger partial charge on any atom is -0.497 e. The second kappa shape index (κ2) is 7.68. The van der Waals surface area contributed by atoms with Gasteiger partial charge >= 0.3 is 0 Å². The van der Waals surface area contributed by atoms with Gasteiger partial charge < -0.3 is 9.47 Å². The molecule has 0 bridgehead atoms. The van der Waals surface area contributed by atoms with E-state index >= 15 is 0 Å². The molecule has 0 fully saturated rings. The molecule has 6 aliphatic rings. The third-order valence-corrected chi connectivity index (χ3v) is 17.0. The summed E-state index contributed by atoms with van der Waals surface area (Å²) in [6, 6.07) is 26.6. The fourth-order valence-electron chi connectivity index (χ4n) is 15.5. The van der Waals surface area contributed by atoms with Crippen LogP contribution in [0.3, 0.4) is 0 Å². The second-order valence-electron chi connectivity index (χ2n) is 19.0. The lowest BCUT2D eigenvalue weighted by atomic mass is 9.55. The molecular formula is C55H30O2. The molecule has 2 atom stereocenters. The van der Waals surface area contributed by atoms with Gasteiger partial charge in [0.05, 0.1) is 19.6 Å². The largest absolute Gasteiger partial charge is 0.497 e. The lowest BCUT2D eigenvalue weighted by molar-refractivity contribution is 0.405. The molecule has 12 aromatic carbocycles. The van der Waals surface area contributed by atoms with E-state index in [4.69, 9.17) is 9.47 Å². The summed E-state index contributed by atoms with van der Waals surface area (Å²) in [6.07, 6.45) is 9.43. The molecule has 0 aromatic heterocycles. The maximum atomic E-state index is 6.28. The second-order valence-corrected chi connectivity index (χ2v) is 19.0. The highest BCUT2D eigenvalue weighted by molar-refractivity contribution is 6.61. The van der Waals surface area contributed by atoms with E-state index in [1.807, 2.05) is 7.11 Å². The minimum absolute atomic E-state index is 0.298. The fraction of sp³-hybridized carbons (Fsp3) is 0.164. The normalized spacial score (nSPS) is 21.8. The third-order valence-electron chi connectivity index (χ3n) is 17.0. The van der Waals surface area contributed by atoms with Crippen LogP contribution in [-0.2, 0) is 36.5 Å². The Morgan fingerprint density at radius 1 is 0.509 bits per heavy atom. The quantitative estimate of drug-likeness (QED) is 0.130. The number of ether oxygens (including phenoxy) is 2. The predicted molar refractivity (Wildman–Crippen MR) is 233 cm³/mol. The molecule has 0 saturated heterocycles. The summed E-state index contributed by atoms with van der Waals surface area (Å²) in [6.45, 7) is 2.19. The first-order chi connectivity index (χ1) is 28.0. The molecule has 0 N–H and O–H groups in total. The molecule has 0 radical (unpaired) electrons. The molecule has 57 heavy (non-hydrogen) atoms. The van der Waals surface area contributed by atoms with E-state index in [2.05, 4.69) is 85.8 Å². The van der Waals surface area contributed by atoms with Crippen molar-refractivity contribution in [2.24, 2.45) is 0 Å². The van der Waals surface area contributed by atoms with Crippen molar-refractivity contribution in [3.05, 3.63) is 146 Å². The molecule has 262 valence electrons. The molecule has 6 aliphatic carbocycles. The first-order valence-electron chi connectivity index (χ1n) is 20.8. The molecule has 0 aliphatic heterocycles. The molecule has 2 unspecified atom stereocenters.